The third-order valence-electron chi connectivity index (χ3n) is 2.71. The molecule has 0 spiro atoms. The molecule has 0 aliphatic carbocycles. The molecular weight excluding hydrogens is 260 g/mol. The van der Waals surface area contributed by atoms with Gasteiger partial charge in [-0.3, -0.25) is 0 Å². The molecule has 1 heterocycles. The molecule has 0 saturated heterocycles. The zero-order valence-corrected chi connectivity index (χ0v) is 10.6. The zero-order chi connectivity index (χ0) is 14.4. The van der Waals surface area contributed by atoms with Crippen molar-refractivity contribution in [2.24, 2.45) is 0 Å². The van der Waals surface area contributed by atoms with Gasteiger partial charge in [0.25, 0.3) is 6.08 Å². The lowest BCUT2D eigenvalue weighted by Crippen LogP contribution is -1.92. The number of allylic oxidation sites excluding steroid dienone is 1. The fourth-order valence-electron chi connectivity index (χ4n) is 1.67. The quantitative estimate of drug-likeness (QED) is 0.851. The minimum atomic E-state index is -1.67. The molecule has 1 aromatic carbocycles. The van der Waals surface area contributed by atoms with Crippen LogP contribution in [0.25, 0.3) is 11.4 Å². The highest BCUT2D eigenvalue weighted by Gasteiger charge is 2.02. The third kappa shape index (κ3) is 3.69. The Bertz CT molecular complexity index is 636. The van der Waals surface area contributed by atoms with Crippen LogP contribution in [0.2, 0.25) is 0 Å². The van der Waals surface area contributed by atoms with Crippen LogP contribution in [0.3, 0.4) is 0 Å². The summed E-state index contributed by atoms with van der Waals surface area (Å²) in [5, 5.41) is 8.72. The first-order valence-corrected chi connectivity index (χ1v) is 6.01. The first kappa shape index (κ1) is 13.8. The molecule has 0 aliphatic rings. The van der Waals surface area contributed by atoms with E-state index in [0.29, 0.717) is 17.8 Å². The molecule has 100 valence electrons. The van der Waals surface area contributed by atoms with E-state index in [1.54, 1.807) is 36.7 Å². The van der Waals surface area contributed by atoms with Crippen molar-refractivity contribution in [3.05, 3.63) is 59.9 Å². The van der Waals surface area contributed by atoms with E-state index >= 15 is 0 Å². The van der Waals surface area contributed by atoms with E-state index in [-0.39, 0.29) is 6.42 Å². The summed E-state index contributed by atoms with van der Waals surface area (Å²) in [5.74, 6) is 0.547. The Morgan fingerprint density at radius 2 is 1.80 bits per heavy atom. The van der Waals surface area contributed by atoms with Crippen LogP contribution in [-0.4, -0.2) is 9.97 Å². The highest BCUT2D eigenvalue weighted by Crippen LogP contribution is 2.15. The van der Waals surface area contributed by atoms with Gasteiger partial charge in [0.05, 0.1) is 11.6 Å². The van der Waals surface area contributed by atoms with Crippen molar-refractivity contribution in [3.63, 3.8) is 0 Å². The summed E-state index contributed by atoms with van der Waals surface area (Å²) >= 11 is 0. The molecule has 0 radical (unpaired) electrons. The zero-order valence-electron chi connectivity index (χ0n) is 10.6. The first-order chi connectivity index (χ1) is 9.69. The molecule has 0 aliphatic heterocycles. The van der Waals surface area contributed by atoms with Crippen LogP contribution in [0, 0.1) is 11.3 Å². The number of benzene rings is 1. The van der Waals surface area contributed by atoms with Crippen LogP contribution < -0.4 is 0 Å². The molecule has 0 bridgehead atoms. The largest absolute Gasteiger partial charge is 0.266 e. The Kier molecular flexibility index (Phi) is 4.51. The number of nitriles is 1. The lowest BCUT2D eigenvalue weighted by molar-refractivity contribution is 0.417. The number of aryl methyl sites for hydroxylation is 1. The topological polar surface area (TPSA) is 49.6 Å². The van der Waals surface area contributed by atoms with Gasteiger partial charge in [0, 0.05) is 18.0 Å². The van der Waals surface area contributed by atoms with E-state index in [9.17, 15) is 8.78 Å². The summed E-state index contributed by atoms with van der Waals surface area (Å²) in [6.45, 7) is 0. The SMILES string of the molecule is N#Cc1ccc(-c2ncc(CCC=C(F)F)cn2)cc1. The molecule has 20 heavy (non-hydrogen) atoms. The van der Waals surface area contributed by atoms with Crippen LogP contribution in [0.4, 0.5) is 8.78 Å². The van der Waals surface area contributed by atoms with E-state index in [2.05, 4.69) is 9.97 Å². The van der Waals surface area contributed by atoms with Gasteiger partial charge in [0.15, 0.2) is 5.82 Å². The number of aromatic nitrogens is 2. The van der Waals surface area contributed by atoms with Crippen molar-refractivity contribution < 1.29 is 8.78 Å². The van der Waals surface area contributed by atoms with Gasteiger partial charge in [-0.2, -0.15) is 14.0 Å². The lowest BCUT2D eigenvalue weighted by atomic mass is 10.1. The highest BCUT2D eigenvalue weighted by molar-refractivity contribution is 5.56. The van der Waals surface area contributed by atoms with Gasteiger partial charge in [0.2, 0.25) is 0 Å². The average molecular weight is 271 g/mol. The molecule has 0 atom stereocenters. The molecule has 3 nitrogen and oxygen atoms in total. The van der Waals surface area contributed by atoms with E-state index in [0.717, 1.165) is 17.2 Å². The minimum absolute atomic E-state index is 0.266. The van der Waals surface area contributed by atoms with E-state index < -0.39 is 6.08 Å². The summed E-state index contributed by atoms with van der Waals surface area (Å²) in [6.07, 6.45) is 3.22. The van der Waals surface area contributed by atoms with Crippen molar-refractivity contribution in [1.29, 1.82) is 5.26 Å². The number of hydrogen-bond donors (Lipinski definition) is 0. The average Bonchev–Trinajstić information content (AvgIpc) is 2.48. The van der Waals surface area contributed by atoms with E-state index in [1.165, 1.54) is 0 Å². The molecular formula is C15H11F2N3. The van der Waals surface area contributed by atoms with Crippen LogP contribution in [0.1, 0.15) is 17.5 Å². The Morgan fingerprint density at radius 3 is 2.35 bits per heavy atom. The number of nitrogens with zero attached hydrogens (tertiary/aromatic N) is 3. The van der Waals surface area contributed by atoms with Gasteiger partial charge in [0.1, 0.15) is 0 Å². The van der Waals surface area contributed by atoms with Gasteiger partial charge in [-0.1, -0.05) is 0 Å². The molecule has 0 N–H and O–H groups in total. The second-order valence-corrected chi connectivity index (χ2v) is 4.14. The molecule has 1 aromatic heterocycles. The van der Waals surface area contributed by atoms with Gasteiger partial charge >= 0.3 is 0 Å². The maximum Gasteiger partial charge on any atom is 0.266 e. The van der Waals surface area contributed by atoms with Crippen molar-refractivity contribution in [2.75, 3.05) is 0 Å². The van der Waals surface area contributed by atoms with Gasteiger partial charge in [-0.25, -0.2) is 9.97 Å². The molecule has 2 rings (SSSR count). The van der Waals surface area contributed by atoms with Crippen LogP contribution in [-0.2, 0) is 6.42 Å². The summed E-state index contributed by atoms with van der Waals surface area (Å²) in [6, 6.07) is 8.98. The lowest BCUT2D eigenvalue weighted by Gasteiger charge is -2.02. The summed E-state index contributed by atoms with van der Waals surface area (Å²) in [5.41, 5.74) is 2.19. The van der Waals surface area contributed by atoms with Gasteiger partial charge in [-0.15, -0.1) is 0 Å². The van der Waals surface area contributed by atoms with Crippen molar-refractivity contribution in [3.8, 4) is 17.5 Å². The molecule has 0 fully saturated rings. The van der Waals surface area contributed by atoms with Crippen molar-refractivity contribution in [1.82, 2.24) is 9.97 Å². The fraction of sp³-hybridized carbons (Fsp3) is 0.133. The van der Waals surface area contributed by atoms with Crippen LogP contribution >= 0.6 is 0 Å². The normalized spacial score (nSPS) is 9.85. The van der Waals surface area contributed by atoms with Crippen molar-refractivity contribution in [2.45, 2.75) is 12.8 Å². The first-order valence-electron chi connectivity index (χ1n) is 6.01. The second kappa shape index (κ2) is 6.53. The third-order valence-corrected chi connectivity index (χ3v) is 2.71. The summed E-state index contributed by atoms with van der Waals surface area (Å²) in [4.78, 5) is 8.40. The van der Waals surface area contributed by atoms with E-state index in [4.69, 9.17) is 5.26 Å². The number of rotatable bonds is 4. The highest BCUT2D eigenvalue weighted by atomic mass is 19.3. The minimum Gasteiger partial charge on any atom is -0.236 e. The maximum atomic E-state index is 11.9. The second-order valence-electron chi connectivity index (χ2n) is 4.14. The Morgan fingerprint density at radius 1 is 1.15 bits per heavy atom. The maximum absolute atomic E-state index is 11.9. The number of hydrogen-bond acceptors (Lipinski definition) is 3. The number of halogens is 2. The van der Waals surface area contributed by atoms with Crippen LogP contribution in [0.5, 0.6) is 0 Å². The molecule has 0 saturated carbocycles. The smallest absolute Gasteiger partial charge is 0.236 e. The Hall–Kier alpha value is -2.61. The molecule has 5 heteroatoms. The summed E-state index contributed by atoms with van der Waals surface area (Å²) in [7, 11) is 0. The predicted molar refractivity (Wildman–Crippen MR) is 70.8 cm³/mol. The van der Waals surface area contributed by atoms with Crippen LogP contribution in [0.15, 0.2) is 48.8 Å². The Labute approximate surface area is 115 Å². The van der Waals surface area contributed by atoms with Crippen molar-refractivity contribution >= 4 is 0 Å². The fourth-order valence-corrected chi connectivity index (χ4v) is 1.67. The molecule has 0 unspecified atom stereocenters. The van der Waals surface area contributed by atoms with Gasteiger partial charge in [-0.05, 0) is 48.7 Å². The summed E-state index contributed by atoms with van der Waals surface area (Å²) < 4.78 is 23.8. The molecule has 0 amide bonds. The standard InChI is InChI=1S/C15H11F2N3/c16-14(17)3-1-2-12-9-19-15(20-10-12)13-6-4-11(8-18)5-7-13/h3-7,9-10H,1-2H2. The monoisotopic (exact) mass is 271 g/mol. The Balaban J connectivity index is 2.07. The van der Waals surface area contributed by atoms with Gasteiger partial charge < -0.3 is 0 Å². The van der Waals surface area contributed by atoms with E-state index in [1.807, 2.05) is 6.07 Å². The predicted octanol–water partition coefficient (Wildman–Crippen LogP) is 3.73. The molecule has 2 aromatic rings.